The Hall–Kier alpha value is -3.53. The highest BCUT2D eigenvalue weighted by Crippen LogP contribution is 2.32. The van der Waals surface area contributed by atoms with Crippen molar-refractivity contribution >= 4 is 29.4 Å². The third-order valence-corrected chi connectivity index (χ3v) is 5.20. The first-order chi connectivity index (χ1) is 14.9. The van der Waals surface area contributed by atoms with E-state index in [9.17, 15) is 14.7 Å². The average molecular weight is 442 g/mol. The van der Waals surface area contributed by atoms with Gasteiger partial charge in [-0.25, -0.2) is 14.8 Å². The Labute approximate surface area is 183 Å². The zero-order valence-electron chi connectivity index (χ0n) is 17.0. The first kappa shape index (κ1) is 20.7. The number of hydrogen-bond donors (Lipinski definition) is 1. The Bertz CT molecular complexity index is 1160. The maximum atomic E-state index is 13.1. The van der Waals surface area contributed by atoms with Gasteiger partial charge < -0.3 is 14.6 Å². The average Bonchev–Trinajstić information content (AvgIpc) is 3.33. The highest BCUT2D eigenvalue weighted by atomic mass is 35.5. The van der Waals surface area contributed by atoms with Gasteiger partial charge in [-0.1, -0.05) is 24.6 Å². The summed E-state index contributed by atoms with van der Waals surface area (Å²) in [5.74, 6) is 0.818. The van der Waals surface area contributed by atoms with Gasteiger partial charge in [-0.05, 0) is 24.6 Å². The molecule has 11 heteroatoms. The van der Waals surface area contributed by atoms with Gasteiger partial charge in [0.05, 0.1) is 18.8 Å². The van der Waals surface area contributed by atoms with Crippen molar-refractivity contribution in [3.05, 3.63) is 52.6 Å². The molecule has 1 aliphatic heterocycles. The second kappa shape index (κ2) is 8.31. The molecule has 160 valence electrons. The SMILES string of the molecule is CCCn1cnnc1-c1cccc(N2Cc3c(cc(Cl)nc3CN(C)C(=O)O)C2=O)n1. The Morgan fingerprint density at radius 2 is 2.13 bits per heavy atom. The number of amides is 2. The molecule has 0 fully saturated rings. The van der Waals surface area contributed by atoms with Crippen LogP contribution in [0, 0.1) is 0 Å². The molecular formula is C20H20ClN7O3. The Morgan fingerprint density at radius 1 is 1.32 bits per heavy atom. The number of carbonyl (C=O) groups is 2. The summed E-state index contributed by atoms with van der Waals surface area (Å²) < 4.78 is 1.91. The van der Waals surface area contributed by atoms with E-state index >= 15 is 0 Å². The van der Waals surface area contributed by atoms with Gasteiger partial charge >= 0.3 is 6.09 Å². The molecule has 3 aromatic heterocycles. The summed E-state index contributed by atoms with van der Waals surface area (Å²) >= 11 is 6.11. The number of aromatic nitrogens is 5. The van der Waals surface area contributed by atoms with Gasteiger partial charge in [-0.2, -0.15) is 0 Å². The summed E-state index contributed by atoms with van der Waals surface area (Å²) in [7, 11) is 1.43. The monoisotopic (exact) mass is 441 g/mol. The molecule has 0 spiro atoms. The number of fused-ring (bicyclic) bond motifs is 1. The fourth-order valence-electron chi connectivity index (χ4n) is 3.50. The predicted octanol–water partition coefficient (Wildman–Crippen LogP) is 3.07. The summed E-state index contributed by atoms with van der Waals surface area (Å²) in [6.45, 7) is 3.06. The van der Waals surface area contributed by atoms with Gasteiger partial charge in [-0.3, -0.25) is 9.69 Å². The molecule has 1 N–H and O–H groups in total. The molecule has 0 aliphatic carbocycles. The highest BCUT2D eigenvalue weighted by Gasteiger charge is 2.33. The Kier molecular flexibility index (Phi) is 5.55. The number of carboxylic acid groups (broad SMARTS) is 1. The second-order valence-corrected chi connectivity index (χ2v) is 7.56. The third-order valence-electron chi connectivity index (χ3n) is 5.00. The molecule has 0 saturated heterocycles. The van der Waals surface area contributed by atoms with Crippen molar-refractivity contribution in [2.75, 3.05) is 11.9 Å². The van der Waals surface area contributed by atoms with Crippen molar-refractivity contribution in [3.8, 4) is 11.5 Å². The largest absolute Gasteiger partial charge is 0.465 e. The van der Waals surface area contributed by atoms with E-state index in [0.717, 1.165) is 17.9 Å². The quantitative estimate of drug-likeness (QED) is 0.584. The first-order valence-electron chi connectivity index (χ1n) is 9.68. The van der Waals surface area contributed by atoms with Crippen molar-refractivity contribution < 1.29 is 14.7 Å². The van der Waals surface area contributed by atoms with Gasteiger partial charge in [0.25, 0.3) is 5.91 Å². The van der Waals surface area contributed by atoms with E-state index in [0.29, 0.717) is 34.2 Å². The zero-order valence-corrected chi connectivity index (χ0v) is 17.7. The Morgan fingerprint density at radius 3 is 2.87 bits per heavy atom. The lowest BCUT2D eigenvalue weighted by Gasteiger charge is -2.16. The first-order valence-corrected chi connectivity index (χ1v) is 10.1. The number of carbonyl (C=O) groups excluding carboxylic acids is 1. The zero-order chi connectivity index (χ0) is 22.1. The van der Waals surface area contributed by atoms with E-state index in [2.05, 4.69) is 27.1 Å². The van der Waals surface area contributed by atoms with E-state index in [-0.39, 0.29) is 24.1 Å². The minimum atomic E-state index is -1.10. The molecular weight excluding hydrogens is 422 g/mol. The van der Waals surface area contributed by atoms with Crippen molar-refractivity contribution in [2.45, 2.75) is 33.0 Å². The van der Waals surface area contributed by atoms with Crippen LogP contribution < -0.4 is 4.90 Å². The lowest BCUT2D eigenvalue weighted by atomic mass is 10.1. The van der Waals surface area contributed by atoms with Crippen LogP contribution >= 0.6 is 11.6 Å². The van der Waals surface area contributed by atoms with E-state index in [4.69, 9.17) is 11.6 Å². The number of aryl methyl sites for hydroxylation is 1. The molecule has 0 unspecified atom stereocenters. The van der Waals surface area contributed by atoms with Gasteiger partial charge in [0.1, 0.15) is 23.0 Å². The molecule has 0 saturated carbocycles. The molecule has 31 heavy (non-hydrogen) atoms. The third kappa shape index (κ3) is 3.93. The predicted molar refractivity (Wildman–Crippen MR) is 113 cm³/mol. The van der Waals surface area contributed by atoms with Crippen LogP contribution in [0.1, 0.15) is 35.0 Å². The minimum absolute atomic E-state index is 0.0208. The molecule has 0 aromatic carbocycles. The van der Waals surface area contributed by atoms with Crippen LogP contribution in [0.4, 0.5) is 10.6 Å². The number of hydrogen-bond acceptors (Lipinski definition) is 6. The minimum Gasteiger partial charge on any atom is -0.465 e. The maximum absolute atomic E-state index is 13.1. The summed E-state index contributed by atoms with van der Waals surface area (Å²) in [5, 5.41) is 17.5. The van der Waals surface area contributed by atoms with Gasteiger partial charge in [0.15, 0.2) is 5.82 Å². The van der Waals surface area contributed by atoms with Crippen LogP contribution in [-0.4, -0.2) is 53.8 Å². The van der Waals surface area contributed by atoms with E-state index < -0.39 is 6.09 Å². The molecule has 4 rings (SSSR count). The highest BCUT2D eigenvalue weighted by molar-refractivity contribution is 6.30. The summed E-state index contributed by atoms with van der Waals surface area (Å²) in [5.41, 5.74) is 2.09. The smallest absolute Gasteiger partial charge is 0.407 e. The van der Waals surface area contributed by atoms with Gasteiger partial charge in [0.2, 0.25) is 0 Å². The molecule has 0 bridgehead atoms. The summed E-state index contributed by atoms with van der Waals surface area (Å²) in [6, 6.07) is 6.87. The van der Waals surface area contributed by atoms with Crippen LogP contribution in [0.5, 0.6) is 0 Å². The van der Waals surface area contributed by atoms with Crippen LogP contribution in [0.15, 0.2) is 30.6 Å². The fraction of sp³-hybridized carbons (Fsp3) is 0.300. The number of rotatable bonds is 6. The van der Waals surface area contributed by atoms with Crippen molar-refractivity contribution in [1.82, 2.24) is 29.6 Å². The van der Waals surface area contributed by atoms with Gasteiger partial charge in [0, 0.05) is 24.7 Å². The van der Waals surface area contributed by atoms with E-state index in [1.54, 1.807) is 12.4 Å². The molecule has 1 aliphatic rings. The Balaban J connectivity index is 1.68. The lowest BCUT2D eigenvalue weighted by Crippen LogP contribution is -2.25. The second-order valence-electron chi connectivity index (χ2n) is 7.18. The molecule has 3 aromatic rings. The van der Waals surface area contributed by atoms with E-state index in [1.165, 1.54) is 18.0 Å². The molecule has 2 amide bonds. The summed E-state index contributed by atoms with van der Waals surface area (Å²) in [4.78, 5) is 35.9. The molecule has 0 radical (unpaired) electrons. The number of halogens is 1. The van der Waals surface area contributed by atoms with Crippen LogP contribution in [0.3, 0.4) is 0 Å². The normalized spacial score (nSPS) is 12.9. The number of nitrogens with zero attached hydrogens (tertiary/aromatic N) is 7. The van der Waals surface area contributed by atoms with Crippen LogP contribution in [-0.2, 0) is 19.6 Å². The van der Waals surface area contributed by atoms with Gasteiger partial charge in [-0.15, -0.1) is 10.2 Å². The topological polar surface area (TPSA) is 117 Å². The standard InChI is InChI=1S/C20H20ClN7O3/c1-3-7-27-11-22-25-18(27)14-5-4-6-17(24-14)28-9-13-12(19(28)29)8-16(21)23-15(13)10-26(2)20(30)31/h4-6,8,11H,3,7,9-10H2,1-2H3,(H,30,31). The maximum Gasteiger partial charge on any atom is 0.407 e. The van der Waals surface area contributed by atoms with Crippen molar-refractivity contribution in [2.24, 2.45) is 0 Å². The molecule has 10 nitrogen and oxygen atoms in total. The van der Waals surface area contributed by atoms with E-state index in [1.807, 2.05) is 16.7 Å². The summed E-state index contributed by atoms with van der Waals surface area (Å²) in [6.07, 6.45) is 1.48. The number of pyridine rings is 2. The lowest BCUT2D eigenvalue weighted by molar-refractivity contribution is 0.0996. The molecule has 4 heterocycles. The van der Waals surface area contributed by atoms with Crippen molar-refractivity contribution in [1.29, 1.82) is 0 Å². The van der Waals surface area contributed by atoms with Crippen LogP contribution in [0.25, 0.3) is 11.5 Å². The fourth-order valence-corrected chi connectivity index (χ4v) is 3.71. The molecule has 0 atom stereocenters. The number of anilines is 1. The van der Waals surface area contributed by atoms with Crippen molar-refractivity contribution in [3.63, 3.8) is 0 Å². The van der Waals surface area contributed by atoms with Crippen LogP contribution in [0.2, 0.25) is 5.15 Å².